The topological polar surface area (TPSA) is 61.8 Å². The molecule has 7 heteroatoms. The van der Waals surface area contributed by atoms with Gasteiger partial charge in [-0.25, -0.2) is 18.7 Å². The molecule has 0 N–H and O–H groups in total. The van der Waals surface area contributed by atoms with Gasteiger partial charge in [0.15, 0.2) is 11.2 Å². The molecule has 2 heterocycles. The van der Waals surface area contributed by atoms with Crippen LogP contribution in [0.2, 0.25) is 0 Å². The molecule has 0 amide bonds. The fraction of sp³-hybridized carbons (Fsp3) is 0.389. The van der Waals surface area contributed by atoms with E-state index >= 15 is 0 Å². The highest BCUT2D eigenvalue weighted by Crippen LogP contribution is 2.30. The van der Waals surface area contributed by atoms with Gasteiger partial charge in [-0.3, -0.25) is 9.36 Å². The van der Waals surface area contributed by atoms with Gasteiger partial charge in [0.25, 0.3) is 5.56 Å². The maximum atomic E-state index is 13.3. The van der Waals surface area contributed by atoms with E-state index in [1.165, 1.54) is 33.4 Å². The number of rotatable bonds is 4. The third-order valence-electron chi connectivity index (χ3n) is 4.64. The summed E-state index contributed by atoms with van der Waals surface area (Å²) in [7, 11) is 0. The molecule has 25 heavy (non-hydrogen) atoms. The lowest BCUT2D eigenvalue weighted by Crippen LogP contribution is -2.40. The van der Waals surface area contributed by atoms with Gasteiger partial charge >= 0.3 is 5.69 Å². The number of fused-ring (bicyclic) bond motifs is 1. The van der Waals surface area contributed by atoms with Gasteiger partial charge < -0.3 is 4.57 Å². The Kier molecular flexibility index (Phi) is 3.59. The first-order valence-corrected chi connectivity index (χ1v) is 8.45. The van der Waals surface area contributed by atoms with Crippen LogP contribution in [0.5, 0.6) is 0 Å². The fourth-order valence-corrected chi connectivity index (χ4v) is 3.08. The van der Waals surface area contributed by atoms with E-state index in [1.807, 2.05) is 13.8 Å². The summed E-state index contributed by atoms with van der Waals surface area (Å²) in [5, 5.41) is 0. The van der Waals surface area contributed by atoms with Crippen molar-refractivity contribution in [3.63, 3.8) is 0 Å². The van der Waals surface area contributed by atoms with Crippen LogP contribution in [0, 0.1) is 11.7 Å². The highest BCUT2D eigenvalue weighted by Gasteiger charge is 2.26. The molecule has 0 bridgehead atoms. The highest BCUT2D eigenvalue weighted by molar-refractivity contribution is 5.72. The first-order valence-electron chi connectivity index (χ1n) is 8.45. The van der Waals surface area contributed by atoms with Crippen molar-refractivity contribution in [1.29, 1.82) is 0 Å². The molecule has 2 aromatic heterocycles. The molecule has 0 unspecified atom stereocenters. The number of hydrogen-bond donors (Lipinski definition) is 0. The highest BCUT2D eigenvalue weighted by atomic mass is 19.1. The second kappa shape index (κ2) is 5.68. The van der Waals surface area contributed by atoms with Crippen molar-refractivity contribution in [1.82, 2.24) is 18.7 Å². The van der Waals surface area contributed by atoms with E-state index in [-0.39, 0.29) is 17.4 Å². The van der Waals surface area contributed by atoms with Crippen LogP contribution in [0.4, 0.5) is 4.39 Å². The summed E-state index contributed by atoms with van der Waals surface area (Å²) in [6.45, 7) is 4.33. The predicted octanol–water partition coefficient (Wildman–Crippen LogP) is 2.48. The Morgan fingerprint density at radius 2 is 1.88 bits per heavy atom. The Morgan fingerprint density at radius 3 is 2.48 bits per heavy atom. The van der Waals surface area contributed by atoms with E-state index < -0.39 is 5.69 Å². The SMILES string of the molecule is CC(C)n1cnc2c1c(=O)n(CC1CC1)c(=O)n2-c1ccc(F)cc1. The van der Waals surface area contributed by atoms with Gasteiger partial charge in [0, 0.05) is 12.6 Å². The van der Waals surface area contributed by atoms with Crippen LogP contribution >= 0.6 is 0 Å². The summed E-state index contributed by atoms with van der Waals surface area (Å²) in [5.41, 5.74) is 0.471. The average molecular weight is 342 g/mol. The largest absolute Gasteiger partial charge is 0.337 e. The van der Waals surface area contributed by atoms with Crippen LogP contribution < -0.4 is 11.2 Å². The van der Waals surface area contributed by atoms with E-state index in [4.69, 9.17) is 0 Å². The zero-order chi connectivity index (χ0) is 17.7. The molecule has 1 fully saturated rings. The van der Waals surface area contributed by atoms with Crippen LogP contribution in [-0.4, -0.2) is 18.7 Å². The first-order chi connectivity index (χ1) is 12.0. The Labute approximate surface area is 143 Å². The van der Waals surface area contributed by atoms with Gasteiger partial charge in [0.1, 0.15) is 5.82 Å². The van der Waals surface area contributed by atoms with Crippen LogP contribution in [-0.2, 0) is 6.54 Å². The minimum absolute atomic E-state index is 0.0336. The Bertz CT molecular complexity index is 1060. The summed E-state index contributed by atoms with van der Waals surface area (Å²) in [6.07, 6.45) is 3.64. The monoisotopic (exact) mass is 342 g/mol. The standard InChI is InChI=1S/C18H19FN4O2/c1-11(2)22-10-20-16-15(22)17(24)21(9-12-3-4-12)18(25)23(16)14-7-5-13(19)6-8-14/h5-8,10-12H,3-4,9H2,1-2H3. The van der Waals surface area contributed by atoms with Crippen LogP contribution in [0.3, 0.4) is 0 Å². The summed E-state index contributed by atoms with van der Waals surface area (Å²) >= 11 is 0. The zero-order valence-corrected chi connectivity index (χ0v) is 14.1. The number of imidazole rings is 1. The quantitative estimate of drug-likeness (QED) is 0.732. The summed E-state index contributed by atoms with van der Waals surface area (Å²) in [4.78, 5) is 30.3. The summed E-state index contributed by atoms with van der Waals surface area (Å²) in [5.74, 6) is -0.00741. The number of aromatic nitrogens is 4. The number of benzene rings is 1. The molecule has 0 spiro atoms. The van der Waals surface area contributed by atoms with E-state index in [9.17, 15) is 14.0 Å². The molecule has 130 valence electrons. The van der Waals surface area contributed by atoms with Gasteiger partial charge in [-0.2, -0.15) is 0 Å². The maximum Gasteiger partial charge on any atom is 0.337 e. The van der Waals surface area contributed by atoms with Crippen molar-refractivity contribution in [2.45, 2.75) is 39.3 Å². The smallest absolute Gasteiger partial charge is 0.322 e. The Morgan fingerprint density at radius 1 is 1.20 bits per heavy atom. The Balaban J connectivity index is 2.08. The lowest BCUT2D eigenvalue weighted by atomic mass is 10.3. The van der Waals surface area contributed by atoms with Gasteiger partial charge in [-0.1, -0.05) is 0 Å². The van der Waals surface area contributed by atoms with Crippen LogP contribution in [0.25, 0.3) is 16.9 Å². The van der Waals surface area contributed by atoms with Crippen molar-refractivity contribution in [3.05, 3.63) is 57.2 Å². The number of hydrogen-bond acceptors (Lipinski definition) is 3. The van der Waals surface area contributed by atoms with Crippen LogP contribution in [0.15, 0.2) is 40.2 Å². The minimum atomic E-state index is -0.426. The molecule has 1 aromatic carbocycles. The predicted molar refractivity (Wildman–Crippen MR) is 92.7 cm³/mol. The second-order valence-corrected chi connectivity index (χ2v) is 6.87. The van der Waals surface area contributed by atoms with Crippen LogP contribution in [0.1, 0.15) is 32.7 Å². The molecule has 0 radical (unpaired) electrons. The van der Waals surface area contributed by atoms with E-state index in [0.29, 0.717) is 29.3 Å². The summed E-state index contributed by atoms with van der Waals surface area (Å²) in [6, 6.07) is 5.67. The lowest BCUT2D eigenvalue weighted by molar-refractivity contribution is 0.560. The molecule has 0 saturated heterocycles. The molecule has 1 saturated carbocycles. The number of halogens is 1. The molecule has 4 rings (SSSR count). The normalized spacial score (nSPS) is 14.6. The third-order valence-corrected chi connectivity index (χ3v) is 4.64. The zero-order valence-electron chi connectivity index (χ0n) is 14.1. The van der Waals surface area contributed by atoms with Crippen molar-refractivity contribution in [3.8, 4) is 5.69 Å². The van der Waals surface area contributed by atoms with Gasteiger partial charge in [0.2, 0.25) is 0 Å². The first kappa shape index (κ1) is 15.8. The second-order valence-electron chi connectivity index (χ2n) is 6.87. The maximum absolute atomic E-state index is 13.3. The summed E-state index contributed by atoms with van der Waals surface area (Å²) < 4.78 is 17.8. The average Bonchev–Trinajstić information content (AvgIpc) is 3.29. The van der Waals surface area contributed by atoms with Gasteiger partial charge in [0.05, 0.1) is 12.0 Å². The molecule has 0 atom stereocenters. The molecule has 0 aliphatic heterocycles. The molecule has 3 aromatic rings. The van der Waals surface area contributed by atoms with Crippen molar-refractivity contribution in [2.75, 3.05) is 0 Å². The molecule has 1 aliphatic carbocycles. The number of nitrogens with zero attached hydrogens (tertiary/aromatic N) is 4. The molecule has 1 aliphatic rings. The van der Waals surface area contributed by atoms with Crippen molar-refractivity contribution in [2.24, 2.45) is 5.92 Å². The van der Waals surface area contributed by atoms with Gasteiger partial charge in [-0.15, -0.1) is 0 Å². The molecule has 6 nitrogen and oxygen atoms in total. The van der Waals surface area contributed by atoms with E-state index in [1.54, 1.807) is 10.9 Å². The fourth-order valence-electron chi connectivity index (χ4n) is 3.08. The van der Waals surface area contributed by atoms with E-state index in [0.717, 1.165) is 12.8 Å². The van der Waals surface area contributed by atoms with Crippen molar-refractivity contribution >= 4 is 11.2 Å². The lowest BCUT2D eigenvalue weighted by Gasteiger charge is -2.13. The minimum Gasteiger partial charge on any atom is -0.322 e. The Hall–Kier alpha value is -2.70. The molecular formula is C18H19FN4O2. The van der Waals surface area contributed by atoms with E-state index in [2.05, 4.69) is 4.98 Å². The van der Waals surface area contributed by atoms with Gasteiger partial charge in [-0.05, 0) is 56.9 Å². The van der Waals surface area contributed by atoms with Crippen molar-refractivity contribution < 1.29 is 4.39 Å². The third kappa shape index (κ3) is 2.59. The molecular weight excluding hydrogens is 323 g/mol.